The van der Waals surface area contributed by atoms with E-state index in [1.807, 2.05) is 0 Å². The summed E-state index contributed by atoms with van der Waals surface area (Å²) in [6.45, 7) is 3.91. The molecule has 34 heavy (non-hydrogen) atoms. The average molecular weight is 496 g/mol. The number of fused-ring (bicyclic) bond motifs is 3. The van der Waals surface area contributed by atoms with Crippen molar-refractivity contribution in [3.05, 3.63) is 69.3 Å². The summed E-state index contributed by atoms with van der Waals surface area (Å²) in [6, 6.07) is 7.77. The zero-order valence-corrected chi connectivity index (χ0v) is 20.3. The number of hydrogen-bond donors (Lipinski definition) is 1. The SMILES string of the molecule is CC1CCc2c(sc3nc(SC(C)C(=O)Nc4ncccn4)n(-c4ccccc4F)c(=O)c23)C1. The molecule has 2 atom stereocenters. The second-order valence-corrected chi connectivity index (χ2v) is 10.7. The van der Waals surface area contributed by atoms with Crippen molar-refractivity contribution >= 4 is 45.2 Å². The Hall–Kier alpha value is -3.11. The molecule has 0 bridgehead atoms. The number of halogens is 1. The van der Waals surface area contributed by atoms with Gasteiger partial charge in [0.2, 0.25) is 11.9 Å². The number of benzene rings is 1. The van der Waals surface area contributed by atoms with Crippen LogP contribution in [-0.4, -0.2) is 30.7 Å². The largest absolute Gasteiger partial charge is 0.294 e. The number of rotatable bonds is 5. The van der Waals surface area contributed by atoms with Crippen molar-refractivity contribution < 1.29 is 9.18 Å². The number of thiophene rings is 1. The van der Waals surface area contributed by atoms with Crippen LogP contribution in [0.1, 0.15) is 30.7 Å². The van der Waals surface area contributed by atoms with E-state index in [2.05, 4.69) is 22.2 Å². The first-order chi connectivity index (χ1) is 16.4. The van der Waals surface area contributed by atoms with Crippen LogP contribution in [0.15, 0.2) is 52.7 Å². The highest BCUT2D eigenvalue weighted by Gasteiger charge is 2.27. The quantitative estimate of drug-likeness (QED) is 0.321. The molecule has 1 amide bonds. The highest BCUT2D eigenvalue weighted by molar-refractivity contribution is 8.00. The number of anilines is 1. The summed E-state index contributed by atoms with van der Waals surface area (Å²) in [5.41, 5.74) is 0.848. The number of amides is 1. The number of nitrogens with zero attached hydrogens (tertiary/aromatic N) is 4. The summed E-state index contributed by atoms with van der Waals surface area (Å²) >= 11 is 2.63. The molecule has 1 N–H and O–H groups in total. The highest BCUT2D eigenvalue weighted by Crippen LogP contribution is 2.37. The molecule has 174 valence electrons. The molecule has 0 saturated carbocycles. The molecule has 0 radical (unpaired) electrons. The van der Waals surface area contributed by atoms with Gasteiger partial charge in [-0.15, -0.1) is 11.3 Å². The molecule has 4 aromatic rings. The molecule has 10 heteroatoms. The second kappa shape index (κ2) is 9.27. The van der Waals surface area contributed by atoms with Gasteiger partial charge >= 0.3 is 0 Å². The molecular weight excluding hydrogens is 473 g/mol. The summed E-state index contributed by atoms with van der Waals surface area (Å²) in [5.74, 6) is -0.132. The van der Waals surface area contributed by atoms with Gasteiger partial charge in [0.25, 0.3) is 5.56 Å². The van der Waals surface area contributed by atoms with Gasteiger partial charge in [0.05, 0.1) is 16.3 Å². The molecule has 0 saturated heterocycles. The van der Waals surface area contributed by atoms with E-state index in [-0.39, 0.29) is 28.3 Å². The van der Waals surface area contributed by atoms with Gasteiger partial charge in [0.15, 0.2) is 5.16 Å². The van der Waals surface area contributed by atoms with Crippen LogP contribution in [0.4, 0.5) is 10.3 Å². The maximum Gasteiger partial charge on any atom is 0.267 e. The monoisotopic (exact) mass is 495 g/mol. The Bertz CT molecular complexity index is 1440. The van der Waals surface area contributed by atoms with Crippen LogP contribution < -0.4 is 10.9 Å². The first-order valence-corrected chi connectivity index (χ1v) is 12.7. The minimum absolute atomic E-state index is 0.118. The molecule has 0 fully saturated rings. The zero-order chi connectivity index (χ0) is 23.8. The number of aromatic nitrogens is 4. The summed E-state index contributed by atoms with van der Waals surface area (Å²) in [6.07, 6.45) is 5.80. The Labute approximate surface area is 203 Å². The number of para-hydroxylation sites is 1. The van der Waals surface area contributed by atoms with Gasteiger partial charge in [-0.05, 0) is 55.9 Å². The smallest absolute Gasteiger partial charge is 0.267 e. The van der Waals surface area contributed by atoms with Crippen molar-refractivity contribution in [3.8, 4) is 5.69 Å². The Morgan fingerprint density at radius 1 is 1.26 bits per heavy atom. The average Bonchev–Trinajstić information content (AvgIpc) is 3.18. The normalized spacial score (nSPS) is 16.3. The van der Waals surface area contributed by atoms with E-state index in [9.17, 15) is 14.0 Å². The van der Waals surface area contributed by atoms with Crippen molar-refractivity contribution in [3.63, 3.8) is 0 Å². The number of hydrogen-bond acceptors (Lipinski definition) is 7. The van der Waals surface area contributed by atoms with E-state index in [1.54, 1.807) is 31.2 Å². The van der Waals surface area contributed by atoms with Crippen LogP contribution in [0.3, 0.4) is 0 Å². The number of nitrogens with one attached hydrogen (secondary N) is 1. The van der Waals surface area contributed by atoms with Crippen LogP contribution >= 0.6 is 23.1 Å². The Balaban J connectivity index is 1.60. The first-order valence-electron chi connectivity index (χ1n) is 11.0. The standard InChI is InChI=1S/C24H22FN5O2S2/c1-13-8-9-15-18(12-13)34-21-19(15)22(32)30(17-7-4-3-6-16(17)25)24(29-21)33-14(2)20(31)28-23-26-10-5-11-27-23/h3-7,10-11,13-14H,8-9,12H2,1-2H3,(H,26,27,28,31). The summed E-state index contributed by atoms with van der Waals surface area (Å²) in [7, 11) is 0. The number of carbonyl (C=O) groups excluding carboxylic acids is 1. The van der Waals surface area contributed by atoms with Gasteiger partial charge < -0.3 is 0 Å². The Morgan fingerprint density at radius 3 is 2.79 bits per heavy atom. The van der Waals surface area contributed by atoms with Crippen LogP contribution in [0.2, 0.25) is 0 Å². The number of carbonyl (C=O) groups is 1. The van der Waals surface area contributed by atoms with Crippen LogP contribution in [0.5, 0.6) is 0 Å². The lowest BCUT2D eigenvalue weighted by atomic mass is 9.89. The summed E-state index contributed by atoms with van der Waals surface area (Å²) < 4.78 is 16.1. The highest BCUT2D eigenvalue weighted by atomic mass is 32.2. The molecule has 0 aliphatic heterocycles. The lowest BCUT2D eigenvalue weighted by molar-refractivity contribution is -0.115. The fourth-order valence-corrected chi connectivity index (χ4v) is 6.43. The van der Waals surface area contributed by atoms with E-state index in [0.29, 0.717) is 16.1 Å². The number of aryl methyl sites for hydroxylation is 1. The predicted molar refractivity (Wildman–Crippen MR) is 132 cm³/mol. The molecule has 2 unspecified atom stereocenters. The van der Waals surface area contributed by atoms with E-state index in [4.69, 9.17) is 4.98 Å². The molecule has 5 rings (SSSR count). The fourth-order valence-electron chi connectivity index (χ4n) is 4.08. The topological polar surface area (TPSA) is 89.8 Å². The van der Waals surface area contributed by atoms with Crippen molar-refractivity contribution in [2.24, 2.45) is 5.92 Å². The molecule has 1 aliphatic carbocycles. The van der Waals surface area contributed by atoms with Crippen LogP contribution in [0.25, 0.3) is 15.9 Å². The van der Waals surface area contributed by atoms with E-state index < -0.39 is 11.1 Å². The third-order valence-electron chi connectivity index (χ3n) is 5.84. The van der Waals surface area contributed by atoms with Crippen LogP contribution in [-0.2, 0) is 17.6 Å². The lowest BCUT2D eigenvalue weighted by Crippen LogP contribution is -2.27. The molecule has 7 nitrogen and oxygen atoms in total. The molecule has 1 aliphatic rings. The van der Waals surface area contributed by atoms with Crippen molar-refractivity contribution in [2.45, 2.75) is 43.5 Å². The minimum atomic E-state index is -0.638. The second-order valence-electron chi connectivity index (χ2n) is 8.34. The van der Waals surface area contributed by atoms with E-state index in [1.165, 1.54) is 39.2 Å². The maximum atomic E-state index is 14.8. The van der Waals surface area contributed by atoms with Crippen LogP contribution in [0, 0.1) is 11.7 Å². The maximum absolute atomic E-state index is 14.8. The lowest BCUT2D eigenvalue weighted by Gasteiger charge is -2.18. The molecule has 3 aromatic heterocycles. The molecule has 0 spiro atoms. The molecular formula is C24H22FN5O2S2. The van der Waals surface area contributed by atoms with E-state index >= 15 is 0 Å². The zero-order valence-electron chi connectivity index (χ0n) is 18.6. The third kappa shape index (κ3) is 4.23. The minimum Gasteiger partial charge on any atom is -0.294 e. The third-order valence-corrected chi connectivity index (χ3v) is 8.04. The summed E-state index contributed by atoms with van der Waals surface area (Å²) in [5, 5.41) is 2.86. The van der Waals surface area contributed by atoms with Crippen molar-refractivity contribution in [1.82, 2.24) is 19.5 Å². The predicted octanol–water partition coefficient (Wildman–Crippen LogP) is 4.62. The van der Waals surface area contributed by atoms with E-state index in [0.717, 1.165) is 36.6 Å². The van der Waals surface area contributed by atoms with Crippen molar-refractivity contribution in [1.29, 1.82) is 0 Å². The molecule has 3 heterocycles. The van der Waals surface area contributed by atoms with Gasteiger partial charge in [-0.3, -0.25) is 19.5 Å². The first kappa shape index (κ1) is 22.7. The van der Waals surface area contributed by atoms with Crippen molar-refractivity contribution in [2.75, 3.05) is 5.32 Å². The van der Waals surface area contributed by atoms with Gasteiger partial charge in [-0.2, -0.15) is 0 Å². The number of thioether (sulfide) groups is 1. The summed E-state index contributed by atoms with van der Waals surface area (Å²) in [4.78, 5) is 41.2. The van der Waals surface area contributed by atoms with Gasteiger partial charge in [0, 0.05) is 17.3 Å². The molecule has 1 aromatic carbocycles. The Morgan fingerprint density at radius 2 is 2.03 bits per heavy atom. The van der Waals surface area contributed by atoms with Gasteiger partial charge in [-0.25, -0.2) is 19.3 Å². The Kier molecular flexibility index (Phi) is 6.18. The van der Waals surface area contributed by atoms with Gasteiger partial charge in [-0.1, -0.05) is 30.8 Å². The fraction of sp³-hybridized carbons (Fsp3) is 0.292. The van der Waals surface area contributed by atoms with Gasteiger partial charge in [0.1, 0.15) is 10.6 Å².